The van der Waals surface area contributed by atoms with Gasteiger partial charge in [0.25, 0.3) is 0 Å². The molecule has 3 radical (unpaired) electrons. The second-order valence-electron chi connectivity index (χ2n) is 1.70. The van der Waals surface area contributed by atoms with Crippen molar-refractivity contribution in [2.45, 2.75) is 0 Å². The molecule has 0 aliphatic rings. The minimum Gasteiger partial charge on any atom is -0.592 e. The summed E-state index contributed by atoms with van der Waals surface area (Å²) >= 11 is 0. The molecule has 0 heterocycles. The summed E-state index contributed by atoms with van der Waals surface area (Å²) in [6, 6.07) is 8.24. The summed E-state index contributed by atoms with van der Waals surface area (Å²) < 4.78 is 0. The van der Waals surface area contributed by atoms with E-state index in [0.29, 0.717) is 5.69 Å². The average molecular weight is 182 g/mol. The molecule has 0 unspecified atom stereocenters. The lowest BCUT2D eigenvalue weighted by Gasteiger charge is -1.93. The van der Waals surface area contributed by atoms with Crippen LogP contribution in [0.5, 0.6) is 0 Å². The van der Waals surface area contributed by atoms with Gasteiger partial charge in [0.2, 0.25) is 11.0 Å². The number of nitrogens with zero attached hydrogens (tertiary/aromatic N) is 2. The molecule has 1 aromatic carbocycles. The van der Waals surface area contributed by atoms with E-state index in [0.717, 1.165) is 0 Å². The third-order valence-electron chi connectivity index (χ3n) is 1.06. The van der Waals surface area contributed by atoms with Gasteiger partial charge >= 0.3 is 0 Å². The fraction of sp³-hybridized carbons (Fsp3) is 0. The topological polar surface area (TPSA) is 93.7 Å². The van der Waals surface area contributed by atoms with Gasteiger partial charge < -0.3 is 16.6 Å². The molecular weight excluding hydrogens is 173 g/mol. The van der Waals surface area contributed by atoms with Crippen molar-refractivity contribution in [3.05, 3.63) is 35.5 Å². The zero-order valence-corrected chi connectivity index (χ0v) is 7.58. The molecule has 63 valence electrons. The first-order valence-electron chi connectivity index (χ1n) is 2.72. The van der Waals surface area contributed by atoms with Gasteiger partial charge in [-0.05, 0) is 4.86 Å². The third kappa shape index (κ3) is 3.35. The van der Waals surface area contributed by atoms with E-state index >= 15 is 0 Å². The summed E-state index contributed by atoms with van der Waals surface area (Å²) in [4.78, 5) is 0.139. The molecule has 5 nitrogen and oxygen atoms in total. The highest BCUT2D eigenvalue weighted by Crippen LogP contribution is 2.08. The maximum Gasteiger partial charge on any atom is 0.248 e. The fourth-order valence-corrected chi connectivity index (χ4v) is 0.607. The summed E-state index contributed by atoms with van der Waals surface area (Å²) in [5.74, 6) is 0. The van der Waals surface area contributed by atoms with Crippen molar-refractivity contribution in [3.63, 3.8) is 0 Å². The van der Waals surface area contributed by atoms with Crippen molar-refractivity contribution < 1.29 is 10.1 Å². The second-order valence-corrected chi connectivity index (χ2v) is 1.70. The molecule has 0 atom stereocenters. The molecule has 0 bridgehead atoms. The van der Waals surface area contributed by atoms with Crippen LogP contribution in [0.3, 0.4) is 0 Å². The van der Waals surface area contributed by atoms with Gasteiger partial charge in [-0.25, -0.2) is 0 Å². The lowest BCUT2D eigenvalue weighted by Crippen LogP contribution is -1.88. The zero-order chi connectivity index (χ0) is 7.40. The predicted molar refractivity (Wildman–Crippen MR) is 44.7 cm³/mol. The van der Waals surface area contributed by atoms with Crippen molar-refractivity contribution in [3.8, 4) is 0 Å². The summed E-state index contributed by atoms with van der Waals surface area (Å²) in [5.41, 5.74) is 0.310. The van der Waals surface area contributed by atoms with Crippen LogP contribution in [-0.4, -0.2) is 27.4 Å². The molecule has 0 saturated carbocycles. The molecule has 0 saturated heterocycles. The van der Waals surface area contributed by atoms with Crippen LogP contribution in [0, 0.1) is 5.21 Å². The Labute approximate surface area is 80.6 Å². The molecule has 4 N–H and O–H groups in total. The Hall–Kier alpha value is -1.09. The number of benzene rings is 1. The Morgan fingerprint density at radius 2 is 1.75 bits per heavy atom. The number of para-hydroxylation sites is 1. The fourth-order valence-electron chi connectivity index (χ4n) is 0.607. The Morgan fingerprint density at radius 1 is 1.25 bits per heavy atom. The minimum absolute atomic E-state index is 0. The van der Waals surface area contributed by atoms with E-state index in [2.05, 4.69) is 5.28 Å². The highest BCUT2D eigenvalue weighted by Gasteiger charge is 1.98. The summed E-state index contributed by atoms with van der Waals surface area (Å²) in [7, 11) is 0. The van der Waals surface area contributed by atoms with Gasteiger partial charge in [-0.15, -0.1) is 0 Å². The quantitative estimate of drug-likeness (QED) is 0.298. The first-order valence-corrected chi connectivity index (χ1v) is 2.72. The van der Waals surface area contributed by atoms with E-state index in [1.807, 2.05) is 0 Å². The molecule has 12 heavy (non-hydrogen) atoms. The van der Waals surface area contributed by atoms with Crippen molar-refractivity contribution in [1.82, 2.24) is 6.15 Å². The molecule has 0 fully saturated rings. The normalized spacial score (nSPS) is 9.50. The number of hydrogen-bond donors (Lipinski definition) is 2. The van der Waals surface area contributed by atoms with Crippen molar-refractivity contribution in [2.75, 3.05) is 0 Å². The van der Waals surface area contributed by atoms with Crippen molar-refractivity contribution in [2.24, 2.45) is 5.28 Å². The molecule has 0 aromatic heterocycles. The lowest BCUT2D eigenvalue weighted by atomic mass is 10.3. The van der Waals surface area contributed by atoms with E-state index in [1.165, 1.54) is 0 Å². The minimum atomic E-state index is 0. The number of rotatable bonds is 1. The van der Waals surface area contributed by atoms with Gasteiger partial charge in [0, 0.05) is 29.5 Å². The summed E-state index contributed by atoms with van der Waals surface area (Å²) in [6.45, 7) is 0. The molecule has 0 spiro atoms. The molecule has 0 aliphatic carbocycles. The van der Waals surface area contributed by atoms with Gasteiger partial charge in [-0.2, -0.15) is 0 Å². The van der Waals surface area contributed by atoms with Crippen LogP contribution in [0.25, 0.3) is 0 Å². The van der Waals surface area contributed by atoms with Crippen LogP contribution in [0.15, 0.2) is 35.6 Å². The number of hydrogen-bond acceptors (Lipinski definition) is 3. The van der Waals surface area contributed by atoms with Gasteiger partial charge in [-0.1, -0.05) is 18.2 Å². The molecule has 0 aliphatic heterocycles. The maximum atomic E-state index is 10.5. The van der Waals surface area contributed by atoms with Crippen LogP contribution in [0.1, 0.15) is 0 Å². The van der Waals surface area contributed by atoms with Gasteiger partial charge in [0.15, 0.2) is 0 Å². The average Bonchev–Trinajstić information content (AvgIpc) is 2.05. The second kappa shape index (κ2) is 6.61. The van der Waals surface area contributed by atoms with Crippen molar-refractivity contribution >= 4 is 23.0 Å². The third-order valence-corrected chi connectivity index (χ3v) is 1.06. The van der Waals surface area contributed by atoms with E-state index in [4.69, 9.17) is 5.21 Å². The zero-order valence-electron chi connectivity index (χ0n) is 6.42. The monoisotopic (exact) mass is 182 g/mol. The highest BCUT2D eigenvalue weighted by molar-refractivity contribution is 5.75. The Balaban J connectivity index is 0. The SMILES string of the molecule is N.[Al].[O-][N+](=NO)c1ccccc1. The Bertz CT molecular complexity index is 240. The molecular formula is C6H9AlN3O2. The van der Waals surface area contributed by atoms with Gasteiger partial charge in [-0.3, -0.25) is 0 Å². The van der Waals surface area contributed by atoms with E-state index < -0.39 is 0 Å². The smallest absolute Gasteiger partial charge is 0.248 e. The van der Waals surface area contributed by atoms with Crippen LogP contribution in [0.4, 0.5) is 5.69 Å². The first kappa shape index (κ1) is 13.5. The molecule has 0 amide bonds. The Morgan fingerprint density at radius 3 is 2.17 bits per heavy atom. The Kier molecular flexibility index (Phi) is 7.44. The van der Waals surface area contributed by atoms with E-state index in [-0.39, 0.29) is 28.4 Å². The first-order chi connectivity index (χ1) is 4.84. The van der Waals surface area contributed by atoms with Crippen LogP contribution < -0.4 is 6.15 Å². The predicted octanol–water partition coefficient (Wildman–Crippen LogP) is 1.45. The van der Waals surface area contributed by atoms with Crippen LogP contribution in [-0.2, 0) is 0 Å². The standard InChI is InChI=1S/C6H6N2O2.Al.H3N/c9-7-8(10)6-4-2-1-3-5-6;;/h1-5,9H;;1H3. The maximum absolute atomic E-state index is 10.5. The van der Waals surface area contributed by atoms with Crippen LogP contribution >= 0.6 is 0 Å². The van der Waals surface area contributed by atoms with E-state index in [1.54, 1.807) is 30.3 Å². The van der Waals surface area contributed by atoms with Gasteiger partial charge in [0.1, 0.15) is 0 Å². The summed E-state index contributed by atoms with van der Waals surface area (Å²) in [5, 5.41) is 21.0. The summed E-state index contributed by atoms with van der Waals surface area (Å²) in [6.07, 6.45) is 0. The largest absolute Gasteiger partial charge is 0.592 e. The van der Waals surface area contributed by atoms with E-state index in [9.17, 15) is 5.21 Å². The lowest BCUT2D eigenvalue weighted by molar-refractivity contribution is -0.473. The molecule has 1 aromatic rings. The van der Waals surface area contributed by atoms with Crippen molar-refractivity contribution in [1.29, 1.82) is 0 Å². The highest BCUT2D eigenvalue weighted by atomic mass is 27.0. The van der Waals surface area contributed by atoms with Gasteiger partial charge in [0.05, 0.1) is 0 Å². The molecule has 6 heteroatoms. The molecule has 1 rings (SSSR count). The van der Waals surface area contributed by atoms with Crippen LogP contribution in [0.2, 0.25) is 0 Å².